The van der Waals surface area contributed by atoms with E-state index < -0.39 is 0 Å². The maximum absolute atomic E-state index is 13.1. The highest BCUT2D eigenvalue weighted by atomic mass is 32.2. The molecule has 1 heterocycles. The number of rotatable bonds is 2. The molecule has 0 aromatic heterocycles. The second kappa shape index (κ2) is 7.51. The van der Waals surface area contributed by atoms with Crippen molar-refractivity contribution in [2.75, 3.05) is 17.6 Å². The van der Waals surface area contributed by atoms with Crippen molar-refractivity contribution in [2.24, 2.45) is 0 Å². The monoisotopic (exact) mass is 390 g/mol. The zero-order valence-corrected chi connectivity index (χ0v) is 17.4. The average molecular weight is 391 g/mol. The van der Waals surface area contributed by atoms with Crippen molar-refractivity contribution in [1.29, 1.82) is 0 Å². The number of hydrogen-bond donors (Lipinski definition) is 1. The quantitative estimate of drug-likeness (QED) is 0.548. The molecule has 1 aliphatic heterocycles. The lowest BCUT2D eigenvalue weighted by Gasteiger charge is -2.26. The third kappa shape index (κ3) is 3.74. The summed E-state index contributed by atoms with van der Waals surface area (Å²) in [5, 5.41) is 5.39. The topological polar surface area (TPSA) is 32.3 Å². The standard InChI is InChI=1S/C24H26N2OS/c1-24(2,3)19-13-11-18(12-14-19)22-26(15-16-28-22)23(27)25-21-10-6-8-17-7-4-5-9-20(17)21/h4-14,22H,15-16H2,1-3H3,(H,25,27)/t22-/m0/s1. The third-order valence-electron chi connectivity index (χ3n) is 5.24. The van der Waals surface area contributed by atoms with Gasteiger partial charge in [0, 0.05) is 17.7 Å². The van der Waals surface area contributed by atoms with Crippen molar-refractivity contribution in [3.63, 3.8) is 0 Å². The molecule has 0 radical (unpaired) electrons. The number of thioether (sulfide) groups is 1. The molecule has 3 nitrogen and oxygen atoms in total. The smallest absolute Gasteiger partial charge is 0.308 e. The van der Waals surface area contributed by atoms with E-state index in [1.165, 1.54) is 11.1 Å². The van der Waals surface area contributed by atoms with Gasteiger partial charge in [-0.15, -0.1) is 11.8 Å². The highest BCUT2D eigenvalue weighted by molar-refractivity contribution is 7.99. The number of benzene rings is 3. The van der Waals surface area contributed by atoms with Crippen molar-refractivity contribution >= 4 is 34.3 Å². The first-order chi connectivity index (χ1) is 13.4. The van der Waals surface area contributed by atoms with Crippen molar-refractivity contribution in [3.05, 3.63) is 77.9 Å². The number of fused-ring (bicyclic) bond motifs is 1. The summed E-state index contributed by atoms with van der Waals surface area (Å²) < 4.78 is 0. The Labute approximate surface area is 171 Å². The molecule has 0 saturated carbocycles. The van der Waals surface area contributed by atoms with E-state index in [0.29, 0.717) is 0 Å². The lowest BCUT2D eigenvalue weighted by Crippen LogP contribution is -2.34. The summed E-state index contributed by atoms with van der Waals surface area (Å²) in [6, 6.07) is 22.8. The summed E-state index contributed by atoms with van der Waals surface area (Å²) in [6.07, 6.45) is 0. The van der Waals surface area contributed by atoms with E-state index in [2.05, 4.69) is 62.5 Å². The summed E-state index contributed by atoms with van der Waals surface area (Å²) in [5.74, 6) is 0.953. The fraction of sp³-hybridized carbons (Fsp3) is 0.292. The Bertz CT molecular complexity index is 986. The summed E-state index contributed by atoms with van der Waals surface area (Å²) in [7, 11) is 0. The third-order valence-corrected chi connectivity index (χ3v) is 6.51. The van der Waals surface area contributed by atoms with Crippen LogP contribution in [0.25, 0.3) is 10.8 Å². The van der Waals surface area contributed by atoms with Gasteiger partial charge in [0.2, 0.25) is 0 Å². The second-order valence-corrected chi connectivity index (χ2v) is 9.43. The minimum atomic E-state index is -0.0359. The average Bonchev–Trinajstić information content (AvgIpc) is 3.18. The van der Waals surface area contributed by atoms with E-state index in [1.54, 1.807) is 0 Å². The summed E-state index contributed by atoms with van der Waals surface area (Å²) in [5.41, 5.74) is 3.49. The number of amides is 2. The van der Waals surface area contributed by atoms with Crippen LogP contribution >= 0.6 is 11.8 Å². The van der Waals surface area contributed by atoms with Crippen LogP contribution in [-0.4, -0.2) is 23.2 Å². The molecule has 1 aliphatic rings. The Morgan fingerprint density at radius 1 is 1.00 bits per heavy atom. The molecule has 1 saturated heterocycles. The normalized spacial score (nSPS) is 17.1. The number of nitrogens with one attached hydrogen (secondary N) is 1. The minimum Gasteiger partial charge on any atom is -0.308 e. The molecule has 1 atom stereocenters. The molecule has 0 aliphatic carbocycles. The second-order valence-electron chi connectivity index (χ2n) is 8.25. The summed E-state index contributed by atoms with van der Waals surface area (Å²) in [6.45, 7) is 7.41. The molecule has 1 fully saturated rings. The zero-order valence-electron chi connectivity index (χ0n) is 16.6. The van der Waals surface area contributed by atoms with Crippen molar-refractivity contribution in [1.82, 2.24) is 4.90 Å². The maximum atomic E-state index is 13.1. The predicted molar refractivity (Wildman–Crippen MR) is 120 cm³/mol. The van der Waals surface area contributed by atoms with Crippen LogP contribution in [0.5, 0.6) is 0 Å². The van der Waals surface area contributed by atoms with Gasteiger partial charge in [-0.2, -0.15) is 0 Å². The molecule has 4 heteroatoms. The first kappa shape index (κ1) is 18.9. The van der Waals surface area contributed by atoms with E-state index in [9.17, 15) is 4.79 Å². The number of anilines is 1. The van der Waals surface area contributed by atoms with Gasteiger partial charge < -0.3 is 10.2 Å². The highest BCUT2D eigenvalue weighted by Gasteiger charge is 2.31. The molecule has 2 amide bonds. The Morgan fingerprint density at radius 3 is 2.46 bits per heavy atom. The minimum absolute atomic E-state index is 0.0359. The SMILES string of the molecule is CC(C)(C)c1ccc([C@@H]2SCCN2C(=O)Nc2cccc3ccccc23)cc1. The van der Waals surface area contributed by atoms with Gasteiger partial charge in [-0.05, 0) is 28.0 Å². The van der Waals surface area contributed by atoms with Crippen LogP contribution in [0.15, 0.2) is 66.7 Å². The molecule has 4 rings (SSSR count). The van der Waals surface area contributed by atoms with E-state index in [-0.39, 0.29) is 16.8 Å². The Balaban J connectivity index is 1.55. The van der Waals surface area contributed by atoms with Crippen molar-refractivity contribution in [2.45, 2.75) is 31.6 Å². The zero-order chi connectivity index (χ0) is 19.7. The first-order valence-electron chi connectivity index (χ1n) is 9.71. The molecule has 1 N–H and O–H groups in total. The number of hydrogen-bond acceptors (Lipinski definition) is 2. The van der Waals surface area contributed by atoms with Crippen LogP contribution in [0.3, 0.4) is 0 Å². The van der Waals surface area contributed by atoms with E-state index in [1.807, 2.05) is 47.0 Å². The van der Waals surface area contributed by atoms with E-state index in [4.69, 9.17) is 0 Å². The van der Waals surface area contributed by atoms with Crippen LogP contribution in [0.4, 0.5) is 10.5 Å². The van der Waals surface area contributed by atoms with Crippen LogP contribution in [0, 0.1) is 0 Å². The van der Waals surface area contributed by atoms with Crippen LogP contribution < -0.4 is 5.32 Å². The Hall–Kier alpha value is -2.46. The molecule has 0 unspecified atom stereocenters. The molecule has 0 bridgehead atoms. The lowest BCUT2D eigenvalue weighted by molar-refractivity contribution is 0.214. The van der Waals surface area contributed by atoms with Gasteiger partial charge in [-0.3, -0.25) is 0 Å². The Kier molecular flexibility index (Phi) is 5.07. The number of urea groups is 1. The van der Waals surface area contributed by atoms with Gasteiger partial charge in [0.25, 0.3) is 0 Å². The highest BCUT2D eigenvalue weighted by Crippen LogP contribution is 2.39. The van der Waals surface area contributed by atoms with Crippen molar-refractivity contribution in [3.8, 4) is 0 Å². The van der Waals surface area contributed by atoms with Gasteiger partial charge in [0.15, 0.2) is 0 Å². The van der Waals surface area contributed by atoms with Crippen molar-refractivity contribution < 1.29 is 4.79 Å². The van der Waals surface area contributed by atoms with E-state index >= 15 is 0 Å². The number of carbonyl (C=O) groups is 1. The molecule has 0 spiro atoms. The van der Waals surface area contributed by atoms with Gasteiger partial charge in [-0.25, -0.2) is 4.79 Å². The molecule has 3 aromatic rings. The summed E-state index contributed by atoms with van der Waals surface area (Å²) in [4.78, 5) is 15.0. The molecular weight excluding hydrogens is 364 g/mol. The first-order valence-corrected chi connectivity index (χ1v) is 10.8. The number of carbonyl (C=O) groups excluding carboxylic acids is 1. The van der Waals surface area contributed by atoms with Crippen LogP contribution in [0.1, 0.15) is 37.3 Å². The van der Waals surface area contributed by atoms with E-state index in [0.717, 1.165) is 28.8 Å². The maximum Gasteiger partial charge on any atom is 0.323 e. The molecule has 28 heavy (non-hydrogen) atoms. The van der Waals surface area contributed by atoms with Gasteiger partial charge >= 0.3 is 6.03 Å². The Morgan fingerprint density at radius 2 is 1.71 bits per heavy atom. The fourth-order valence-corrected chi connectivity index (χ4v) is 4.88. The molecule has 144 valence electrons. The van der Waals surface area contributed by atoms with Gasteiger partial charge in [0.05, 0.1) is 5.69 Å². The van der Waals surface area contributed by atoms with Gasteiger partial charge in [0.1, 0.15) is 5.37 Å². The predicted octanol–water partition coefficient (Wildman–Crippen LogP) is 6.42. The number of nitrogens with zero attached hydrogens (tertiary/aromatic N) is 1. The molecule has 3 aromatic carbocycles. The van der Waals surface area contributed by atoms with Crippen LogP contribution in [-0.2, 0) is 5.41 Å². The summed E-state index contributed by atoms with van der Waals surface area (Å²) >= 11 is 1.82. The van der Waals surface area contributed by atoms with Crippen LogP contribution in [0.2, 0.25) is 0 Å². The van der Waals surface area contributed by atoms with Gasteiger partial charge in [-0.1, -0.05) is 81.4 Å². The fourth-order valence-electron chi connectivity index (χ4n) is 3.62. The lowest BCUT2D eigenvalue weighted by atomic mass is 9.87. The molecular formula is C24H26N2OS. The largest absolute Gasteiger partial charge is 0.323 e.